The topological polar surface area (TPSA) is 46.5 Å². The Hall–Kier alpha value is -0.920. The summed E-state index contributed by atoms with van der Waals surface area (Å²) in [5, 5.41) is 0. The highest BCUT2D eigenvalue weighted by Gasteiger charge is 2.14. The van der Waals surface area contributed by atoms with E-state index in [9.17, 15) is 4.57 Å². The van der Waals surface area contributed by atoms with E-state index < -0.39 is 8.25 Å². The van der Waals surface area contributed by atoms with Gasteiger partial charge in [0.15, 0.2) is 5.75 Å². The minimum absolute atomic E-state index is 0.448. The number of hydrogen-bond acceptors (Lipinski definition) is 2. The second-order valence-electron chi connectivity index (χ2n) is 4.59. The molecule has 2 atom stereocenters. The van der Waals surface area contributed by atoms with Gasteiger partial charge in [-0.05, 0) is 30.0 Å². The van der Waals surface area contributed by atoms with Crippen LogP contribution >= 0.6 is 8.25 Å². The monoisotopic (exact) mass is 269 g/mol. The van der Waals surface area contributed by atoms with E-state index in [1.165, 1.54) is 31.2 Å². The second kappa shape index (κ2) is 8.23. The highest BCUT2D eigenvalue weighted by Crippen LogP contribution is 2.24. The Morgan fingerprint density at radius 3 is 2.44 bits per heavy atom. The maximum absolute atomic E-state index is 10.5. The van der Waals surface area contributed by atoms with E-state index in [2.05, 4.69) is 13.8 Å². The highest BCUT2D eigenvalue weighted by atomic mass is 31.1. The molecule has 0 bridgehead atoms. The first-order valence-electron chi connectivity index (χ1n) is 6.58. The fraction of sp³-hybridized carbons (Fsp3) is 0.571. The largest absolute Gasteiger partial charge is 0.747 e. The summed E-state index contributed by atoms with van der Waals surface area (Å²) < 4.78 is 15.3. The lowest BCUT2D eigenvalue weighted by atomic mass is 9.92. The molecule has 1 aromatic rings. The van der Waals surface area contributed by atoms with Gasteiger partial charge in [-0.25, -0.2) is 4.52 Å². The normalized spacial score (nSPS) is 13.2. The van der Waals surface area contributed by atoms with Gasteiger partial charge in [-0.15, -0.1) is 4.89 Å². The molecule has 18 heavy (non-hydrogen) atoms. The lowest BCUT2D eigenvalue weighted by Gasteiger charge is -2.14. The Kier molecular flexibility index (Phi) is 6.92. The van der Waals surface area contributed by atoms with Crippen molar-refractivity contribution in [3.8, 4) is 5.75 Å². The van der Waals surface area contributed by atoms with Gasteiger partial charge in [0.1, 0.15) is 0 Å². The predicted octanol–water partition coefficient (Wildman–Crippen LogP) is 4.47. The minimum Gasteiger partial charge on any atom is -0.229 e. The molecule has 0 aliphatic heterocycles. The number of rotatable bonds is 8. The van der Waals surface area contributed by atoms with Gasteiger partial charge in [-0.1, -0.05) is 51.7 Å². The van der Waals surface area contributed by atoms with E-state index in [0.717, 1.165) is 12.3 Å². The molecular weight excluding hydrogens is 247 g/mol. The summed E-state index contributed by atoms with van der Waals surface area (Å²) in [7, 11) is -2.56. The Morgan fingerprint density at radius 1 is 1.28 bits per heavy atom. The summed E-state index contributed by atoms with van der Waals surface area (Å²) in [5.41, 5.74) is 1.26. The Bertz CT molecular complexity index is 362. The van der Waals surface area contributed by atoms with Crippen molar-refractivity contribution in [2.24, 2.45) is 5.92 Å². The van der Waals surface area contributed by atoms with Crippen LogP contribution in [0.1, 0.15) is 45.1 Å². The average molecular weight is 269 g/mol. The molecule has 0 saturated heterocycles. The van der Waals surface area contributed by atoms with Crippen molar-refractivity contribution in [2.45, 2.75) is 46.0 Å². The molecule has 2 unspecified atom stereocenters. The molecule has 1 rings (SSSR count). The molecule has 0 spiro atoms. The predicted molar refractivity (Wildman–Crippen MR) is 73.9 cm³/mol. The van der Waals surface area contributed by atoms with Crippen molar-refractivity contribution >= 4 is 8.25 Å². The molecule has 4 heteroatoms. The highest BCUT2D eigenvalue weighted by molar-refractivity contribution is 7.32. The van der Waals surface area contributed by atoms with Gasteiger partial charge >= 0.3 is 8.25 Å². The van der Waals surface area contributed by atoms with Crippen LogP contribution in [0.5, 0.6) is 5.75 Å². The lowest BCUT2D eigenvalue weighted by molar-refractivity contribution is 0.410. The van der Waals surface area contributed by atoms with Crippen LogP contribution in [0.4, 0.5) is 0 Å². The van der Waals surface area contributed by atoms with E-state index in [-0.39, 0.29) is 0 Å². The van der Waals surface area contributed by atoms with Gasteiger partial charge in [0.2, 0.25) is 0 Å². The van der Waals surface area contributed by atoms with Gasteiger partial charge < -0.3 is 0 Å². The molecule has 0 saturated carbocycles. The molecule has 0 aliphatic carbocycles. The molecule has 0 aromatic heterocycles. The van der Waals surface area contributed by atoms with Crippen molar-refractivity contribution in [1.82, 2.24) is 0 Å². The molecule has 0 amide bonds. The Balaban J connectivity index is 2.53. The van der Waals surface area contributed by atoms with Gasteiger partial charge in [-0.2, -0.15) is 0 Å². The van der Waals surface area contributed by atoms with E-state index >= 15 is 0 Å². The molecule has 1 N–H and O–H groups in total. The first-order chi connectivity index (χ1) is 8.65. The van der Waals surface area contributed by atoms with Crippen LogP contribution in [0.2, 0.25) is 0 Å². The van der Waals surface area contributed by atoms with Crippen molar-refractivity contribution in [3.05, 3.63) is 29.8 Å². The second-order valence-corrected chi connectivity index (χ2v) is 5.25. The first kappa shape index (κ1) is 15.1. The number of unbranched alkanes of at least 4 members (excludes halogenated alkanes) is 1. The SMILES string of the molecule is CCCCC(CC)Cc1ccc(O[P+](=O)O)cc1. The third-order valence-corrected chi connectivity index (χ3v) is 3.54. The van der Waals surface area contributed by atoms with Crippen LogP contribution in [0.3, 0.4) is 0 Å². The molecule has 3 nitrogen and oxygen atoms in total. The van der Waals surface area contributed by atoms with E-state index in [4.69, 9.17) is 9.42 Å². The first-order valence-corrected chi connectivity index (χ1v) is 7.71. The van der Waals surface area contributed by atoms with E-state index in [0.29, 0.717) is 5.75 Å². The molecule has 100 valence electrons. The summed E-state index contributed by atoms with van der Waals surface area (Å²) in [6, 6.07) is 7.46. The molecular formula is C14H22O3P+. The zero-order valence-electron chi connectivity index (χ0n) is 11.1. The molecule has 0 aliphatic rings. The maximum Gasteiger partial charge on any atom is 0.747 e. The fourth-order valence-corrected chi connectivity index (χ4v) is 2.36. The van der Waals surface area contributed by atoms with Crippen molar-refractivity contribution in [1.29, 1.82) is 0 Å². The summed E-state index contributed by atoms with van der Waals surface area (Å²) in [4.78, 5) is 8.64. The van der Waals surface area contributed by atoms with E-state index in [1.807, 2.05) is 12.1 Å². The lowest BCUT2D eigenvalue weighted by Crippen LogP contribution is -2.03. The van der Waals surface area contributed by atoms with Crippen molar-refractivity contribution < 1.29 is 14.0 Å². The molecule has 1 aromatic carbocycles. The standard InChI is InChI=1S/C14H21O3P/c1-3-5-6-12(4-2)11-13-7-9-14(10-8-13)17-18(15)16/h7-10,12H,3-6,11H2,1-2H3/p+1. The summed E-state index contributed by atoms with van der Waals surface area (Å²) in [6.45, 7) is 4.45. The van der Waals surface area contributed by atoms with Crippen LogP contribution in [-0.4, -0.2) is 4.89 Å². The molecule has 0 fully saturated rings. The summed E-state index contributed by atoms with van der Waals surface area (Å²) in [6.07, 6.45) is 6.06. The summed E-state index contributed by atoms with van der Waals surface area (Å²) in [5.74, 6) is 1.18. The Labute approximate surface area is 110 Å². The summed E-state index contributed by atoms with van der Waals surface area (Å²) >= 11 is 0. The van der Waals surface area contributed by atoms with Crippen LogP contribution in [-0.2, 0) is 11.0 Å². The van der Waals surface area contributed by atoms with Gasteiger partial charge in [-0.3, -0.25) is 0 Å². The van der Waals surface area contributed by atoms with Gasteiger partial charge in [0, 0.05) is 4.57 Å². The van der Waals surface area contributed by atoms with Crippen molar-refractivity contribution in [3.63, 3.8) is 0 Å². The quantitative estimate of drug-likeness (QED) is 0.708. The fourth-order valence-electron chi connectivity index (χ4n) is 2.05. The third kappa shape index (κ3) is 5.61. The average Bonchev–Trinajstić information content (AvgIpc) is 2.36. The van der Waals surface area contributed by atoms with Crippen LogP contribution in [0.25, 0.3) is 0 Å². The Morgan fingerprint density at radius 2 is 1.94 bits per heavy atom. The van der Waals surface area contributed by atoms with Gasteiger partial charge in [0.05, 0.1) is 0 Å². The number of benzene rings is 1. The van der Waals surface area contributed by atoms with Crippen LogP contribution < -0.4 is 4.52 Å². The van der Waals surface area contributed by atoms with Crippen LogP contribution in [0, 0.1) is 5.92 Å². The van der Waals surface area contributed by atoms with Crippen molar-refractivity contribution in [2.75, 3.05) is 0 Å². The smallest absolute Gasteiger partial charge is 0.229 e. The minimum atomic E-state index is -2.56. The zero-order chi connectivity index (χ0) is 13.4. The van der Waals surface area contributed by atoms with E-state index in [1.54, 1.807) is 12.1 Å². The molecule has 0 radical (unpaired) electrons. The maximum atomic E-state index is 10.5. The molecule has 0 heterocycles. The third-order valence-electron chi connectivity index (χ3n) is 3.17. The van der Waals surface area contributed by atoms with Crippen LogP contribution in [0.15, 0.2) is 24.3 Å². The zero-order valence-corrected chi connectivity index (χ0v) is 12.0. The van der Waals surface area contributed by atoms with Gasteiger partial charge in [0.25, 0.3) is 0 Å². The number of hydrogen-bond donors (Lipinski definition) is 1.